The predicted octanol–water partition coefficient (Wildman–Crippen LogP) is -1.23. The molecule has 0 saturated heterocycles. The lowest BCUT2D eigenvalue weighted by atomic mass is 10.3. The Morgan fingerprint density at radius 1 is 1.77 bits per heavy atom. The number of tetrazole rings is 1. The SMILES string of the molecule is C[C@H](NCc1nnn(C)n1)C(=O)O. The van der Waals surface area contributed by atoms with E-state index in [0.29, 0.717) is 12.4 Å². The smallest absolute Gasteiger partial charge is 0.320 e. The number of nitrogens with zero attached hydrogens (tertiary/aromatic N) is 4. The molecule has 0 spiro atoms. The Balaban J connectivity index is 2.39. The summed E-state index contributed by atoms with van der Waals surface area (Å²) < 4.78 is 0. The summed E-state index contributed by atoms with van der Waals surface area (Å²) >= 11 is 0. The molecule has 0 unspecified atom stereocenters. The molecule has 2 N–H and O–H groups in total. The van der Waals surface area contributed by atoms with Gasteiger partial charge in [-0.05, 0) is 12.1 Å². The minimum absolute atomic E-state index is 0.307. The zero-order valence-electron chi connectivity index (χ0n) is 7.43. The Kier molecular flexibility index (Phi) is 2.91. The van der Waals surface area contributed by atoms with Gasteiger partial charge in [-0.2, -0.15) is 4.80 Å². The minimum Gasteiger partial charge on any atom is -0.480 e. The van der Waals surface area contributed by atoms with Gasteiger partial charge in [-0.3, -0.25) is 10.1 Å². The first kappa shape index (κ1) is 9.59. The molecule has 0 aromatic carbocycles. The number of hydrogen-bond donors (Lipinski definition) is 2. The average molecular weight is 185 g/mol. The maximum atomic E-state index is 10.4. The molecule has 13 heavy (non-hydrogen) atoms. The number of carboxylic acid groups (broad SMARTS) is 1. The van der Waals surface area contributed by atoms with Gasteiger partial charge in [0.2, 0.25) is 0 Å². The van der Waals surface area contributed by atoms with E-state index < -0.39 is 12.0 Å². The van der Waals surface area contributed by atoms with E-state index >= 15 is 0 Å². The van der Waals surface area contributed by atoms with Crippen molar-refractivity contribution in [2.75, 3.05) is 0 Å². The molecule has 1 aromatic heterocycles. The lowest BCUT2D eigenvalue weighted by Gasteiger charge is -2.05. The Labute approximate surface area is 74.7 Å². The van der Waals surface area contributed by atoms with Crippen LogP contribution in [0.1, 0.15) is 12.7 Å². The lowest BCUT2D eigenvalue weighted by molar-refractivity contribution is -0.139. The number of aromatic nitrogens is 4. The molecule has 1 atom stereocenters. The third kappa shape index (κ3) is 2.79. The normalized spacial score (nSPS) is 12.8. The van der Waals surface area contributed by atoms with E-state index in [9.17, 15) is 4.79 Å². The molecular formula is C6H11N5O2. The summed E-state index contributed by atoms with van der Waals surface area (Å²) in [7, 11) is 1.65. The van der Waals surface area contributed by atoms with Crippen LogP contribution in [0, 0.1) is 0 Å². The van der Waals surface area contributed by atoms with Crippen molar-refractivity contribution in [2.24, 2.45) is 7.05 Å². The van der Waals surface area contributed by atoms with E-state index in [4.69, 9.17) is 5.11 Å². The first-order chi connectivity index (χ1) is 6.09. The summed E-state index contributed by atoms with van der Waals surface area (Å²) in [5, 5.41) is 22.5. The van der Waals surface area contributed by atoms with Gasteiger partial charge < -0.3 is 5.11 Å². The van der Waals surface area contributed by atoms with Crippen LogP contribution in [0.3, 0.4) is 0 Å². The van der Waals surface area contributed by atoms with E-state index in [-0.39, 0.29) is 0 Å². The van der Waals surface area contributed by atoms with Crippen LogP contribution in [0.5, 0.6) is 0 Å². The van der Waals surface area contributed by atoms with Gasteiger partial charge in [0.1, 0.15) is 6.04 Å². The Bertz CT molecular complexity index is 297. The fourth-order valence-electron chi connectivity index (χ4n) is 0.726. The van der Waals surface area contributed by atoms with Crippen LogP contribution in [0.2, 0.25) is 0 Å². The maximum absolute atomic E-state index is 10.4. The summed E-state index contributed by atoms with van der Waals surface area (Å²) in [6.45, 7) is 1.86. The van der Waals surface area contributed by atoms with Gasteiger partial charge in [0.05, 0.1) is 13.6 Å². The van der Waals surface area contributed by atoms with Crippen molar-refractivity contribution in [3.63, 3.8) is 0 Å². The topological polar surface area (TPSA) is 92.9 Å². The summed E-state index contributed by atoms with van der Waals surface area (Å²) in [5.74, 6) is -0.417. The first-order valence-corrected chi connectivity index (χ1v) is 3.78. The van der Waals surface area contributed by atoms with Crippen molar-refractivity contribution in [3.05, 3.63) is 5.82 Å². The van der Waals surface area contributed by atoms with E-state index in [2.05, 4.69) is 20.7 Å². The number of hydrogen-bond acceptors (Lipinski definition) is 5. The third-order valence-electron chi connectivity index (χ3n) is 1.49. The van der Waals surface area contributed by atoms with Crippen LogP contribution in [0.25, 0.3) is 0 Å². The first-order valence-electron chi connectivity index (χ1n) is 3.78. The van der Waals surface area contributed by atoms with Crippen molar-refractivity contribution in [3.8, 4) is 0 Å². The van der Waals surface area contributed by atoms with Gasteiger partial charge in [0, 0.05) is 0 Å². The molecular weight excluding hydrogens is 174 g/mol. The van der Waals surface area contributed by atoms with Crippen molar-refractivity contribution in [2.45, 2.75) is 19.5 Å². The molecule has 72 valence electrons. The molecule has 7 nitrogen and oxygen atoms in total. The van der Waals surface area contributed by atoms with Crippen LogP contribution in [-0.4, -0.2) is 37.3 Å². The fraction of sp³-hybridized carbons (Fsp3) is 0.667. The highest BCUT2D eigenvalue weighted by atomic mass is 16.4. The van der Waals surface area contributed by atoms with Crippen LogP contribution < -0.4 is 5.32 Å². The van der Waals surface area contributed by atoms with E-state index in [0.717, 1.165) is 0 Å². The number of nitrogens with one attached hydrogen (secondary N) is 1. The second-order valence-corrected chi connectivity index (χ2v) is 2.64. The molecule has 1 rings (SSSR count). The van der Waals surface area contributed by atoms with Crippen LogP contribution in [0.4, 0.5) is 0 Å². The van der Waals surface area contributed by atoms with Crippen molar-refractivity contribution in [1.82, 2.24) is 25.5 Å². The number of rotatable bonds is 4. The number of carbonyl (C=O) groups is 1. The summed E-state index contributed by atoms with van der Waals surface area (Å²) in [4.78, 5) is 11.7. The Morgan fingerprint density at radius 3 is 2.92 bits per heavy atom. The number of carboxylic acids is 1. The second kappa shape index (κ2) is 3.94. The molecule has 0 amide bonds. The quantitative estimate of drug-likeness (QED) is 0.610. The highest BCUT2D eigenvalue weighted by Gasteiger charge is 2.10. The average Bonchev–Trinajstić information content (AvgIpc) is 2.47. The van der Waals surface area contributed by atoms with Gasteiger partial charge in [-0.25, -0.2) is 0 Å². The summed E-state index contributed by atoms with van der Waals surface area (Å²) in [5.41, 5.74) is 0. The zero-order valence-corrected chi connectivity index (χ0v) is 7.43. The van der Waals surface area contributed by atoms with Crippen LogP contribution in [0.15, 0.2) is 0 Å². The molecule has 0 fully saturated rings. The van der Waals surface area contributed by atoms with Crippen LogP contribution in [-0.2, 0) is 18.4 Å². The van der Waals surface area contributed by atoms with E-state index in [1.807, 2.05) is 0 Å². The Morgan fingerprint density at radius 2 is 2.46 bits per heavy atom. The zero-order chi connectivity index (χ0) is 9.84. The van der Waals surface area contributed by atoms with Gasteiger partial charge in [0.25, 0.3) is 0 Å². The molecule has 1 heterocycles. The minimum atomic E-state index is -0.899. The second-order valence-electron chi connectivity index (χ2n) is 2.64. The van der Waals surface area contributed by atoms with E-state index in [1.165, 1.54) is 4.80 Å². The van der Waals surface area contributed by atoms with Gasteiger partial charge in [0.15, 0.2) is 5.82 Å². The van der Waals surface area contributed by atoms with Gasteiger partial charge >= 0.3 is 5.97 Å². The van der Waals surface area contributed by atoms with Crippen molar-refractivity contribution < 1.29 is 9.90 Å². The van der Waals surface area contributed by atoms with Crippen molar-refractivity contribution in [1.29, 1.82) is 0 Å². The third-order valence-corrected chi connectivity index (χ3v) is 1.49. The monoisotopic (exact) mass is 185 g/mol. The Hall–Kier alpha value is -1.50. The molecule has 0 bridgehead atoms. The van der Waals surface area contributed by atoms with E-state index in [1.54, 1.807) is 14.0 Å². The molecule has 0 aliphatic rings. The molecule has 0 aliphatic heterocycles. The summed E-state index contributed by atoms with van der Waals surface area (Å²) in [6.07, 6.45) is 0. The van der Waals surface area contributed by atoms with Gasteiger partial charge in [-0.1, -0.05) is 0 Å². The lowest BCUT2D eigenvalue weighted by Crippen LogP contribution is -2.33. The standard InChI is InChI=1S/C6H11N5O2/c1-4(6(12)13)7-3-5-8-10-11(2)9-5/h4,7H,3H2,1-2H3,(H,12,13)/t4-/m0/s1. The molecule has 0 radical (unpaired) electrons. The molecule has 0 saturated carbocycles. The van der Waals surface area contributed by atoms with Crippen molar-refractivity contribution >= 4 is 5.97 Å². The highest BCUT2D eigenvalue weighted by molar-refractivity contribution is 5.72. The largest absolute Gasteiger partial charge is 0.480 e. The highest BCUT2D eigenvalue weighted by Crippen LogP contribution is 1.87. The molecule has 7 heteroatoms. The number of aryl methyl sites for hydroxylation is 1. The molecule has 1 aromatic rings. The van der Waals surface area contributed by atoms with Crippen LogP contribution >= 0.6 is 0 Å². The predicted molar refractivity (Wildman–Crippen MR) is 42.7 cm³/mol. The summed E-state index contributed by atoms with van der Waals surface area (Å²) in [6, 6.07) is -0.608. The maximum Gasteiger partial charge on any atom is 0.320 e. The van der Waals surface area contributed by atoms with Gasteiger partial charge in [-0.15, -0.1) is 10.2 Å². The number of aliphatic carboxylic acids is 1. The molecule has 0 aliphatic carbocycles. The fourth-order valence-corrected chi connectivity index (χ4v) is 0.726.